The van der Waals surface area contributed by atoms with Crippen molar-refractivity contribution < 1.29 is 4.79 Å². The molecule has 2 heteroatoms. The summed E-state index contributed by atoms with van der Waals surface area (Å²) < 4.78 is 0. The van der Waals surface area contributed by atoms with Crippen LogP contribution < -0.4 is 0 Å². The molecule has 0 radical (unpaired) electrons. The Balaban J connectivity index is 1.98. The molecule has 108 valence electrons. The Morgan fingerprint density at radius 1 is 1.05 bits per heavy atom. The van der Waals surface area contributed by atoms with Crippen LogP contribution in [0.2, 0.25) is 0 Å². The van der Waals surface area contributed by atoms with Gasteiger partial charge in [0, 0.05) is 17.5 Å². The molecule has 0 N–H and O–H groups in total. The van der Waals surface area contributed by atoms with Gasteiger partial charge in [0.2, 0.25) is 0 Å². The number of nitrogens with zero attached hydrogens (tertiary/aromatic N) is 1. The number of Topliss-reactive ketones (excluding diaryl/α,β-unsaturated/α-hetero) is 1. The first-order valence-corrected chi connectivity index (χ1v) is 7.85. The Bertz CT molecular complexity index is 468. The summed E-state index contributed by atoms with van der Waals surface area (Å²) in [4.78, 5) is 15.6. The standard InChI is InChI=1S/C18H25NO/c1-18(2,3)17(20)16(13-7-5-4-6-8-13)19-14-9-10-15(19)12-11-14/h4-8,14-16H,9-12H2,1-3H3. The van der Waals surface area contributed by atoms with Gasteiger partial charge in [-0.15, -0.1) is 0 Å². The van der Waals surface area contributed by atoms with Crippen LogP contribution in [0.25, 0.3) is 0 Å². The van der Waals surface area contributed by atoms with Crippen molar-refractivity contribution in [3.05, 3.63) is 35.9 Å². The van der Waals surface area contributed by atoms with Crippen molar-refractivity contribution in [3.63, 3.8) is 0 Å². The van der Waals surface area contributed by atoms with Crippen molar-refractivity contribution in [2.24, 2.45) is 5.41 Å². The number of carbonyl (C=O) groups excluding carboxylic acids is 1. The van der Waals surface area contributed by atoms with E-state index in [1.165, 1.54) is 31.2 Å². The predicted molar refractivity (Wildman–Crippen MR) is 81.5 cm³/mol. The van der Waals surface area contributed by atoms with Gasteiger partial charge in [-0.2, -0.15) is 0 Å². The van der Waals surface area contributed by atoms with E-state index in [1.54, 1.807) is 0 Å². The number of carbonyl (C=O) groups is 1. The van der Waals surface area contributed by atoms with Crippen LogP contribution in [0.3, 0.4) is 0 Å². The Kier molecular flexibility index (Phi) is 3.45. The molecule has 0 aromatic heterocycles. The maximum Gasteiger partial charge on any atom is 0.159 e. The van der Waals surface area contributed by atoms with E-state index in [2.05, 4.69) is 29.2 Å². The SMILES string of the molecule is CC(C)(C)C(=O)C(c1ccccc1)N1C2CCC1CC2. The molecule has 2 fully saturated rings. The molecule has 1 aromatic carbocycles. The first-order chi connectivity index (χ1) is 9.48. The summed E-state index contributed by atoms with van der Waals surface area (Å²) in [5.74, 6) is 0.363. The lowest BCUT2D eigenvalue weighted by atomic mass is 9.83. The zero-order chi connectivity index (χ0) is 14.3. The first-order valence-electron chi connectivity index (χ1n) is 7.85. The van der Waals surface area contributed by atoms with Crippen LogP contribution in [-0.4, -0.2) is 22.8 Å². The fraction of sp³-hybridized carbons (Fsp3) is 0.611. The van der Waals surface area contributed by atoms with Crippen molar-refractivity contribution in [2.45, 2.75) is 64.6 Å². The van der Waals surface area contributed by atoms with Crippen molar-refractivity contribution in [1.82, 2.24) is 4.90 Å². The van der Waals surface area contributed by atoms with Gasteiger partial charge in [-0.1, -0.05) is 51.1 Å². The van der Waals surface area contributed by atoms with E-state index in [9.17, 15) is 4.79 Å². The van der Waals surface area contributed by atoms with E-state index in [0.29, 0.717) is 17.9 Å². The van der Waals surface area contributed by atoms with Gasteiger partial charge in [0.1, 0.15) is 0 Å². The minimum atomic E-state index is -0.289. The molecule has 2 bridgehead atoms. The highest BCUT2D eigenvalue weighted by Gasteiger charge is 2.47. The number of benzene rings is 1. The van der Waals surface area contributed by atoms with Crippen molar-refractivity contribution in [3.8, 4) is 0 Å². The minimum absolute atomic E-state index is 0.0452. The topological polar surface area (TPSA) is 20.3 Å². The Morgan fingerprint density at radius 3 is 2.00 bits per heavy atom. The fourth-order valence-corrected chi connectivity index (χ4v) is 3.88. The molecule has 2 saturated heterocycles. The first kappa shape index (κ1) is 13.8. The van der Waals surface area contributed by atoms with E-state index in [0.717, 1.165) is 0 Å². The highest BCUT2D eigenvalue weighted by Crippen LogP contribution is 2.45. The van der Waals surface area contributed by atoms with Crippen LogP contribution in [0, 0.1) is 5.41 Å². The lowest BCUT2D eigenvalue weighted by molar-refractivity contribution is -0.132. The van der Waals surface area contributed by atoms with Crippen molar-refractivity contribution in [2.75, 3.05) is 0 Å². The summed E-state index contributed by atoms with van der Waals surface area (Å²) in [7, 11) is 0. The molecule has 2 aliphatic heterocycles. The van der Waals surface area contributed by atoms with Gasteiger partial charge in [0.15, 0.2) is 5.78 Å². The monoisotopic (exact) mass is 271 g/mol. The summed E-state index contributed by atoms with van der Waals surface area (Å²) >= 11 is 0. The Hall–Kier alpha value is -1.15. The maximum atomic E-state index is 13.0. The third-order valence-electron chi connectivity index (χ3n) is 4.91. The second-order valence-corrected chi connectivity index (χ2v) is 7.34. The summed E-state index contributed by atoms with van der Waals surface area (Å²) in [6.07, 6.45) is 5.08. The number of fused-ring (bicyclic) bond motifs is 2. The van der Waals surface area contributed by atoms with Gasteiger partial charge < -0.3 is 0 Å². The van der Waals surface area contributed by atoms with Crippen LogP contribution in [0.4, 0.5) is 0 Å². The average Bonchev–Trinajstić information content (AvgIpc) is 3.00. The average molecular weight is 271 g/mol. The molecular weight excluding hydrogens is 246 g/mol. The molecule has 2 heterocycles. The van der Waals surface area contributed by atoms with Crippen LogP contribution in [0.1, 0.15) is 58.1 Å². The molecule has 1 aromatic rings. The van der Waals surface area contributed by atoms with Gasteiger partial charge in [-0.3, -0.25) is 9.69 Å². The summed E-state index contributed by atoms with van der Waals surface area (Å²) in [6, 6.07) is 11.6. The molecule has 3 rings (SSSR count). The lowest BCUT2D eigenvalue weighted by Crippen LogP contribution is -2.42. The van der Waals surface area contributed by atoms with E-state index >= 15 is 0 Å². The molecule has 20 heavy (non-hydrogen) atoms. The molecule has 1 unspecified atom stereocenters. The maximum absolute atomic E-state index is 13.0. The molecule has 2 nitrogen and oxygen atoms in total. The zero-order valence-electron chi connectivity index (χ0n) is 12.8. The van der Waals surface area contributed by atoms with Gasteiger partial charge in [0.25, 0.3) is 0 Å². The molecule has 1 atom stereocenters. The van der Waals surface area contributed by atoms with Crippen LogP contribution in [-0.2, 0) is 4.79 Å². The Morgan fingerprint density at radius 2 is 1.55 bits per heavy atom. The highest BCUT2D eigenvalue weighted by atomic mass is 16.1. The summed E-state index contributed by atoms with van der Waals surface area (Å²) in [5, 5.41) is 0. The molecule has 0 amide bonds. The third kappa shape index (κ3) is 2.31. The van der Waals surface area contributed by atoms with Crippen molar-refractivity contribution in [1.29, 1.82) is 0 Å². The molecule has 0 saturated carbocycles. The van der Waals surface area contributed by atoms with Crippen molar-refractivity contribution >= 4 is 5.78 Å². The van der Waals surface area contributed by atoms with Gasteiger partial charge in [-0.25, -0.2) is 0 Å². The van der Waals surface area contributed by atoms with Crippen LogP contribution >= 0.6 is 0 Å². The number of hydrogen-bond donors (Lipinski definition) is 0. The van der Waals surface area contributed by atoms with E-state index in [-0.39, 0.29) is 11.5 Å². The zero-order valence-corrected chi connectivity index (χ0v) is 12.8. The predicted octanol–water partition coefficient (Wildman–Crippen LogP) is 3.97. The largest absolute Gasteiger partial charge is 0.297 e. The summed E-state index contributed by atoms with van der Waals surface area (Å²) in [5.41, 5.74) is 0.883. The molecule has 0 aliphatic carbocycles. The quantitative estimate of drug-likeness (QED) is 0.829. The number of hydrogen-bond acceptors (Lipinski definition) is 2. The smallest absolute Gasteiger partial charge is 0.159 e. The van der Waals surface area contributed by atoms with Crippen LogP contribution in [0.5, 0.6) is 0 Å². The third-order valence-corrected chi connectivity index (χ3v) is 4.91. The highest BCUT2D eigenvalue weighted by molar-refractivity contribution is 5.90. The number of rotatable bonds is 3. The van der Waals surface area contributed by atoms with Gasteiger partial charge in [0.05, 0.1) is 6.04 Å². The molecular formula is C18H25NO. The molecule has 2 aliphatic rings. The van der Waals surface area contributed by atoms with E-state index in [4.69, 9.17) is 0 Å². The van der Waals surface area contributed by atoms with Gasteiger partial charge in [-0.05, 0) is 31.2 Å². The van der Waals surface area contributed by atoms with E-state index < -0.39 is 0 Å². The molecule has 0 spiro atoms. The normalized spacial score (nSPS) is 27.8. The second kappa shape index (κ2) is 5.00. The second-order valence-electron chi connectivity index (χ2n) is 7.34. The van der Waals surface area contributed by atoms with Gasteiger partial charge >= 0.3 is 0 Å². The fourth-order valence-electron chi connectivity index (χ4n) is 3.88. The number of ketones is 1. The van der Waals surface area contributed by atoms with E-state index in [1.807, 2.05) is 26.8 Å². The Labute approximate surface area is 122 Å². The lowest BCUT2D eigenvalue weighted by Gasteiger charge is -2.35. The van der Waals surface area contributed by atoms with Crippen LogP contribution in [0.15, 0.2) is 30.3 Å². The summed E-state index contributed by atoms with van der Waals surface area (Å²) in [6.45, 7) is 6.13. The minimum Gasteiger partial charge on any atom is -0.297 e.